The first-order chi connectivity index (χ1) is 14.5. The summed E-state index contributed by atoms with van der Waals surface area (Å²) in [6.07, 6.45) is 0. The third kappa shape index (κ3) is 4.34. The standard InChI is InChI=1S/C23H20ClN5O/c1-15-14-16(2)29(28-15)21-13-12-20(24)22(27-21)23(30)26-19-10-8-18(9-11-19)25-17-6-4-3-5-7-17/h3-14,25H,1-2H3,(H,26,30). The van der Waals surface area contributed by atoms with Crippen molar-refractivity contribution in [3.05, 3.63) is 94.9 Å². The second kappa shape index (κ2) is 8.39. The lowest BCUT2D eigenvalue weighted by Crippen LogP contribution is -2.16. The van der Waals surface area contributed by atoms with Crippen LogP contribution in [0.1, 0.15) is 21.9 Å². The Morgan fingerprint density at radius 2 is 1.57 bits per heavy atom. The molecule has 2 aromatic carbocycles. The van der Waals surface area contributed by atoms with E-state index in [1.807, 2.05) is 74.5 Å². The lowest BCUT2D eigenvalue weighted by Gasteiger charge is -2.10. The minimum absolute atomic E-state index is 0.146. The number of hydrogen-bond acceptors (Lipinski definition) is 4. The van der Waals surface area contributed by atoms with Crippen molar-refractivity contribution >= 4 is 34.6 Å². The zero-order valence-electron chi connectivity index (χ0n) is 16.6. The summed E-state index contributed by atoms with van der Waals surface area (Å²) in [6.45, 7) is 3.84. The van der Waals surface area contributed by atoms with E-state index in [2.05, 4.69) is 20.7 Å². The SMILES string of the molecule is Cc1cc(C)n(-c2ccc(Cl)c(C(=O)Nc3ccc(Nc4ccccc4)cc3)n2)n1. The summed E-state index contributed by atoms with van der Waals surface area (Å²) in [5.41, 5.74) is 4.50. The molecule has 0 unspecified atom stereocenters. The fourth-order valence-electron chi connectivity index (χ4n) is 3.09. The van der Waals surface area contributed by atoms with Gasteiger partial charge in [-0.05, 0) is 68.4 Å². The minimum Gasteiger partial charge on any atom is -0.356 e. The third-order valence-corrected chi connectivity index (χ3v) is 4.78. The van der Waals surface area contributed by atoms with Gasteiger partial charge in [-0.25, -0.2) is 9.67 Å². The zero-order valence-corrected chi connectivity index (χ0v) is 17.3. The van der Waals surface area contributed by atoms with E-state index in [9.17, 15) is 4.79 Å². The molecule has 30 heavy (non-hydrogen) atoms. The Hall–Kier alpha value is -3.64. The average molecular weight is 418 g/mol. The van der Waals surface area contributed by atoms with E-state index < -0.39 is 0 Å². The fourth-order valence-corrected chi connectivity index (χ4v) is 3.28. The third-order valence-electron chi connectivity index (χ3n) is 4.48. The molecule has 0 saturated carbocycles. The quantitative estimate of drug-likeness (QED) is 0.447. The van der Waals surface area contributed by atoms with E-state index in [4.69, 9.17) is 11.6 Å². The number of aromatic nitrogens is 3. The number of hydrogen-bond donors (Lipinski definition) is 2. The lowest BCUT2D eigenvalue weighted by atomic mass is 10.2. The van der Waals surface area contributed by atoms with Gasteiger partial charge in [0.25, 0.3) is 5.91 Å². The first kappa shape index (κ1) is 19.7. The summed E-state index contributed by atoms with van der Waals surface area (Å²) in [4.78, 5) is 17.2. The van der Waals surface area contributed by atoms with Crippen LogP contribution in [0.4, 0.5) is 17.1 Å². The number of pyridine rings is 1. The van der Waals surface area contributed by atoms with Crippen molar-refractivity contribution in [1.29, 1.82) is 0 Å². The molecule has 0 spiro atoms. The number of benzene rings is 2. The molecule has 4 rings (SSSR count). The second-order valence-electron chi connectivity index (χ2n) is 6.86. The molecule has 2 N–H and O–H groups in total. The van der Waals surface area contributed by atoms with Crippen molar-refractivity contribution in [2.24, 2.45) is 0 Å². The van der Waals surface area contributed by atoms with Crippen LogP contribution in [-0.2, 0) is 0 Å². The molecule has 4 aromatic rings. The molecule has 0 saturated heterocycles. The highest BCUT2D eigenvalue weighted by Gasteiger charge is 2.15. The van der Waals surface area contributed by atoms with Crippen LogP contribution in [0.15, 0.2) is 72.8 Å². The molecule has 150 valence electrons. The summed E-state index contributed by atoms with van der Waals surface area (Å²) in [5, 5.41) is 10.8. The molecule has 2 heterocycles. The van der Waals surface area contributed by atoms with Gasteiger partial charge in [-0.15, -0.1) is 0 Å². The number of nitrogens with one attached hydrogen (secondary N) is 2. The number of amides is 1. The number of nitrogens with zero attached hydrogens (tertiary/aromatic N) is 3. The monoisotopic (exact) mass is 417 g/mol. The van der Waals surface area contributed by atoms with Gasteiger partial charge in [0, 0.05) is 22.8 Å². The summed E-state index contributed by atoms with van der Waals surface area (Å²) in [7, 11) is 0. The Balaban J connectivity index is 1.51. The van der Waals surface area contributed by atoms with Crippen molar-refractivity contribution in [3.8, 4) is 5.82 Å². The first-order valence-corrected chi connectivity index (χ1v) is 9.81. The number of rotatable bonds is 5. The fraction of sp³-hybridized carbons (Fsp3) is 0.0870. The molecular weight excluding hydrogens is 398 g/mol. The number of aryl methyl sites for hydroxylation is 2. The highest BCUT2D eigenvalue weighted by Crippen LogP contribution is 2.21. The Morgan fingerprint density at radius 3 is 2.23 bits per heavy atom. The Bertz CT molecular complexity index is 1190. The van der Waals surface area contributed by atoms with Crippen molar-refractivity contribution < 1.29 is 4.79 Å². The van der Waals surface area contributed by atoms with Gasteiger partial charge in [0.1, 0.15) is 5.69 Å². The summed E-state index contributed by atoms with van der Waals surface area (Å²) in [5.74, 6) is 0.157. The molecule has 2 aromatic heterocycles. The van der Waals surface area contributed by atoms with E-state index in [1.165, 1.54) is 0 Å². The maximum Gasteiger partial charge on any atom is 0.275 e. The summed E-state index contributed by atoms with van der Waals surface area (Å²) >= 11 is 6.24. The molecular formula is C23H20ClN5O. The summed E-state index contributed by atoms with van der Waals surface area (Å²) in [6, 6.07) is 22.6. The molecule has 0 bridgehead atoms. The van der Waals surface area contributed by atoms with Crippen LogP contribution < -0.4 is 10.6 Å². The van der Waals surface area contributed by atoms with Crippen molar-refractivity contribution in [3.63, 3.8) is 0 Å². The van der Waals surface area contributed by atoms with Crippen molar-refractivity contribution in [2.45, 2.75) is 13.8 Å². The average Bonchev–Trinajstić information content (AvgIpc) is 3.08. The van der Waals surface area contributed by atoms with Gasteiger partial charge >= 0.3 is 0 Å². The first-order valence-electron chi connectivity index (χ1n) is 9.43. The van der Waals surface area contributed by atoms with Gasteiger partial charge in [-0.3, -0.25) is 4.79 Å². The smallest absolute Gasteiger partial charge is 0.275 e. The maximum atomic E-state index is 12.8. The van der Waals surface area contributed by atoms with Gasteiger partial charge < -0.3 is 10.6 Å². The van der Waals surface area contributed by atoms with Crippen LogP contribution in [0.3, 0.4) is 0 Å². The number of para-hydroxylation sites is 1. The molecule has 1 amide bonds. The number of carbonyl (C=O) groups is 1. The molecule has 0 aliphatic heterocycles. The lowest BCUT2D eigenvalue weighted by molar-refractivity contribution is 0.102. The van der Waals surface area contributed by atoms with Gasteiger partial charge in [-0.2, -0.15) is 5.10 Å². The van der Waals surface area contributed by atoms with E-state index in [0.29, 0.717) is 11.5 Å². The molecule has 0 aliphatic carbocycles. The Morgan fingerprint density at radius 1 is 0.900 bits per heavy atom. The molecule has 6 nitrogen and oxygen atoms in total. The van der Waals surface area contributed by atoms with Gasteiger partial charge in [-0.1, -0.05) is 29.8 Å². The number of halogens is 1. The van der Waals surface area contributed by atoms with Crippen LogP contribution in [-0.4, -0.2) is 20.7 Å². The highest BCUT2D eigenvalue weighted by molar-refractivity contribution is 6.34. The molecule has 0 radical (unpaired) electrons. The van der Waals surface area contributed by atoms with Crippen molar-refractivity contribution in [2.75, 3.05) is 10.6 Å². The predicted molar refractivity (Wildman–Crippen MR) is 120 cm³/mol. The Labute approximate surface area is 179 Å². The molecule has 0 aliphatic rings. The van der Waals surface area contributed by atoms with Gasteiger partial charge in [0.15, 0.2) is 5.82 Å². The molecule has 7 heteroatoms. The van der Waals surface area contributed by atoms with E-state index in [-0.39, 0.29) is 16.6 Å². The van der Waals surface area contributed by atoms with Crippen LogP contribution >= 0.6 is 11.6 Å². The van der Waals surface area contributed by atoms with Crippen molar-refractivity contribution in [1.82, 2.24) is 14.8 Å². The van der Waals surface area contributed by atoms with Gasteiger partial charge in [0.2, 0.25) is 0 Å². The van der Waals surface area contributed by atoms with Crippen LogP contribution in [0, 0.1) is 13.8 Å². The van der Waals surface area contributed by atoms with Gasteiger partial charge in [0.05, 0.1) is 10.7 Å². The Kier molecular flexibility index (Phi) is 5.50. The predicted octanol–water partition coefficient (Wildman–Crippen LogP) is 5.53. The van der Waals surface area contributed by atoms with Crippen LogP contribution in [0.25, 0.3) is 5.82 Å². The topological polar surface area (TPSA) is 71.8 Å². The molecule has 0 fully saturated rings. The van der Waals surface area contributed by atoms with E-state index in [0.717, 1.165) is 22.8 Å². The molecule has 0 atom stereocenters. The second-order valence-corrected chi connectivity index (χ2v) is 7.27. The largest absolute Gasteiger partial charge is 0.356 e. The maximum absolute atomic E-state index is 12.8. The number of carbonyl (C=O) groups excluding carboxylic acids is 1. The summed E-state index contributed by atoms with van der Waals surface area (Å²) < 4.78 is 1.69. The van der Waals surface area contributed by atoms with Crippen LogP contribution in [0.5, 0.6) is 0 Å². The van der Waals surface area contributed by atoms with E-state index in [1.54, 1.807) is 16.8 Å². The zero-order chi connectivity index (χ0) is 21.1. The van der Waals surface area contributed by atoms with Crippen LogP contribution in [0.2, 0.25) is 5.02 Å². The normalized spacial score (nSPS) is 10.6. The minimum atomic E-state index is -0.382. The van der Waals surface area contributed by atoms with E-state index >= 15 is 0 Å². The highest BCUT2D eigenvalue weighted by atomic mass is 35.5. The number of anilines is 3.